The Morgan fingerprint density at radius 3 is 2.65 bits per heavy atom. The molecule has 1 rings (SSSR count). The predicted octanol–water partition coefficient (Wildman–Crippen LogP) is 3.32. The molecule has 2 N–H and O–H groups in total. The lowest BCUT2D eigenvalue weighted by molar-refractivity contribution is 0.212. The maximum absolute atomic E-state index is 13.3. The summed E-state index contributed by atoms with van der Waals surface area (Å²) in [7, 11) is 0. The molecule has 0 aromatic heterocycles. The van der Waals surface area contributed by atoms with Gasteiger partial charge in [-0.25, -0.2) is 4.39 Å². The molecular weight excluding hydrogens is 283 g/mol. The molecule has 0 amide bonds. The van der Waals surface area contributed by atoms with E-state index in [1.54, 1.807) is 12.1 Å². The molecule has 1 unspecified atom stereocenters. The van der Waals surface area contributed by atoms with E-state index in [0.29, 0.717) is 6.54 Å². The molecule has 0 aliphatic carbocycles. The van der Waals surface area contributed by atoms with E-state index in [1.807, 2.05) is 0 Å². The Bertz CT molecular complexity index is 357. The molecule has 1 aromatic rings. The van der Waals surface area contributed by atoms with Crippen LogP contribution in [-0.2, 0) is 0 Å². The number of nitrogens with zero attached hydrogens (tertiary/aromatic N) is 1. The standard InChI is InChI=1S/C13H20BrFN2/c1-3-7-17(4-2)13(9-16)11-8-10(15)5-6-12(11)14/h5-6,8,13H,3-4,7,9,16H2,1-2H3. The molecule has 17 heavy (non-hydrogen) atoms. The van der Waals surface area contributed by atoms with Crippen LogP contribution < -0.4 is 5.73 Å². The first kappa shape index (κ1) is 14.6. The van der Waals surface area contributed by atoms with Crippen LogP contribution in [0.3, 0.4) is 0 Å². The minimum absolute atomic E-state index is 0.0741. The monoisotopic (exact) mass is 302 g/mol. The number of halogens is 2. The van der Waals surface area contributed by atoms with Crippen LogP contribution in [0, 0.1) is 5.82 Å². The van der Waals surface area contributed by atoms with E-state index in [9.17, 15) is 4.39 Å². The highest BCUT2D eigenvalue weighted by Gasteiger charge is 2.19. The first-order valence-electron chi connectivity index (χ1n) is 6.03. The Morgan fingerprint density at radius 2 is 2.12 bits per heavy atom. The lowest BCUT2D eigenvalue weighted by Crippen LogP contribution is -2.34. The van der Waals surface area contributed by atoms with E-state index < -0.39 is 0 Å². The van der Waals surface area contributed by atoms with E-state index in [2.05, 4.69) is 34.7 Å². The van der Waals surface area contributed by atoms with Crippen molar-refractivity contribution in [2.45, 2.75) is 26.3 Å². The van der Waals surface area contributed by atoms with Crippen molar-refractivity contribution in [1.82, 2.24) is 4.90 Å². The minimum Gasteiger partial charge on any atom is -0.329 e. The van der Waals surface area contributed by atoms with Crippen LogP contribution in [0.5, 0.6) is 0 Å². The zero-order valence-electron chi connectivity index (χ0n) is 10.4. The van der Waals surface area contributed by atoms with Crippen LogP contribution >= 0.6 is 15.9 Å². The highest BCUT2D eigenvalue weighted by Crippen LogP contribution is 2.28. The van der Waals surface area contributed by atoms with Gasteiger partial charge in [0.2, 0.25) is 0 Å². The number of rotatable bonds is 6. The molecule has 2 nitrogen and oxygen atoms in total. The second-order valence-corrected chi connectivity index (χ2v) is 4.90. The van der Waals surface area contributed by atoms with E-state index in [0.717, 1.165) is 29.5 Å². The molecule has 0 aliphatic rings. The quantitative estimate of drug-likeness (QED) is 0.873. The molecule has 0 saturated carbocycles. The Balaban J connectivity index is 3.02. The summed E-state index contributed by atoms with van der Waals surface area (Å²) < 4.78 is 14.2. The fourth-order valence-electron chi connectivity index (χ4n) is 2.06. The molecule has 0 heterocycles. The van der Waals surface area contributed by atoms with Gasteiger partial charge in [0.05, 0.1) is 0 Å². The van der Waals surface area contributed by atoms with Gasteiger partial charge < -0.3 is 5.73 Å². The van der Waals surface area contributed by atoms with Gasteiger partial charge in [-0.05, 0) is 43.3 Å². The third kappa shape index (κ3) is 3.76. The van der Waals surface area contributed by atoms with E-state index >= 15 is 0 Å². The third-order valence-electron chi connectivity index (χ3n) is 2.90. The largest absolute Gasteiger partial charge is 0.329 e. The molecule has 0 spiro atoms. The van der Waals surface area contributed by atoms with E-state index in [-0.39, 0.29) is 11.9 Å². The first-order chi connectivity index (χ1) is 8.13. The molecule has 0 aliphatic heterocycles. The average Bonchev–Trinajstić information content (AvgIpc) is 2.33. The van der Waals surface area contributed by atoms with Crippen LogP contribution in [0.15, 0.2) is 22.7 Å². The molecule has 4 heteroatoms. The molecular formula is C13H20BrFN2. The highest BCUT2D eigenvalue weighted by atomic mass is 79.9. The summed E-state index contributed by atoms with van der Waals surface area (Å²) in [5, 5.41) is 0. The Morgan fingerprint density at radius 1 is 1.41 bits per heavy atom. The zero-order valence-corrected chi connectivity index (χ0v) is 12.0. The van der Waals surface area contributed by atoms with Gasteiger partial charge in [0.1, 0.15) is 5.82 Å². The molecule has 0 bridgehead atoms. The minimum atomic E-state index is -0.214. The van der Waals surface area contributed by atoms with Crippen molar-refractivity contribution in [3.05, 3.63) is 34.1 Å². The second-order valence-electron chi connectivity index (χ2n) is 4.05. The van der Waals surface area contributed by atoms with Crippen molar-refractivity contribution in [3.8, 4) is 0 Å². The molecule has 96 valence electrons. The summed E-state index contributed by atoms with van der Waals surface area (Å²) in [6.45, 7) is 6.62. The smallest absolute Gasteiger partial charge is 0.123 e. The molecule has 1 atom stereocenters. The maximum atomic E-state index is 13.3. The van der Waals surface area contributed by atoms with Gasteiger partial charge in [0.25, 0.3) is 0 Å². The summed E-state index contributed by atoms with van der Waals surface area (Å²) in [6.07, 6.45) is 1.07. The van der Waals surface area contributed by atoms with Crippen molar-refractivity contribution in [2.24, 2.45) is 5.73 Å². The summed E-state index contributed by atoms with van der Waals surface area (Å²) in [6, 6.07) is 4.84. The van der Waals surface area contributed by atoms with E-state index in [4.69, 9.17) is 5.73 Å². The summed E-state index contributed by atoms with van der Waals surface area (Å²) >= 11 is 3.47. The van der Waals surface area contributed by atoms with Crippen LogP contribution in [0.2, 0.25) is 0 Å². The van der Waals surface area contributed by atoms with Crippen molar-refractivity contribution in [2.75, 3.05) is 19.6 Å². The van der Waals surface area contributed by atoms with Crippen molar-refractivity contribution < 1.29 is 4.39 Å². The first-order valence-corrected chi connectivity index (χ1v) is 6.82. The van der Waals surface area contributed by atoms with Gasteiger partial charge in [0, 0.05) is 17.1 Å². The van der Waals surface area contributed by atoms with Gasteiger partial charge in [0.15, 0.2) is 0 Å². The SMILES string of the molecule is CCCN(CC)C(CN)c1cc(F)ccc1Br. The maximum Gasteiger partial charge on any atom is 0.123 e. The van der Waals surface area contributed by atoms with Gasteiger partial charge >= 0.3 is 0 Å². The number of nitrogens with two attached hydrogens (primary N) is 1. The molecule has 0 radical (unpaired) electrons. The summed E-state index contributed by atoms with van der Waals surface area (Å²) in [5.41, 5.74) is 6.78. The van der Waals surface area contributed by atoms with Gasteiger partial charge in [-0.3, -0.25) is 4.90 Å². The fraction of sp³-hybridized carbons (Fsp3) is 0.538. The Hall–Kier alpha value is -0.450. The molecule has 0 fully saturated rings. The average molecular weight is 303 g/mol. The van der Waals surface area contributed by atoms with Crippen molar-refractivity contribution in [3.63, 3.8) is 0 Å². The molecule has 1 aromatic carbocycles. The number of likely N-dealkylation sites (N-methyl/N-ethyl adjacent to an activating group) is 1. The van der Waals surface area contributed by atoms with Crippen LogP contribution in [0.1, 0.15) is 31.9 Å². The summed E-state index contributed by atoms with van der Waals surface area (Å²) in [4.78, 5) is 2.28. The van der Waals surface area contributed by atoms with Gasteiger partial charge in [-0.1, -0.05) is 29.8 Å². The Labute approximate surface area is 111 Å². The topological polar surface area (TPSA) is 29.3 Å². The van der Waals surface area contributed by atoms with Gasteiger partial charge in [-0.2, -0.15) is 0 Å². The fourth-order valence-corrected chi connectivity index (χ4v) is 2.58. The van der Waals surface area contributed by atoms with Crippen LogP contribution in [0.25, 0.3) is 0 Å². The lowest BCUT2D eigenvalue weighted by atomic mass is 10.0. The summed E-state index contributed by atoms with van der Waals surface area (Å²) in [5.74, 6) is -0.214. The molecule has 0 saturated heterocycles. The van der Waals surface area contributed by atoms with Crippen LogP contribution in [0.4, 0.5) is 4.39 Å². The second kappa shape index (κ2) is 7.09. The number of hydrogen-bond acceptors (Lipinski definition) is 2. The van der Waals surface area contributed by atoms with Crippen molar-refractivity contribution in [1.29, 1.82) is 0 Å². The third-order valence-corrected chi connectivity index (χ3v) is 3.62. The number of hydrogen-bond donors (Lipinski definition) is 1. The lowest BCUT2D eigenvalue weighted by Gasteiger charge is -2.30. The van der Waals surface area contributed by atoms with Crippen molar-refractivity contribution >= 4 is 15.9 Å². The highest BCUT2D eigenvalue weighted by molar-refractivity contribution is 9.10. The van der Waals surface area contributed by atoms with Gasteiger partial charge in [-0.15, -0.1) is 0 Å². The normalized spacial score (nSPS) is 13.1. The Kier molecular flexibility index (Phi) is 6.09. The van der Waals surface area contributed by atoms with E-state index in [1.165, 1.54) is 6.07 Å². The zero-order chi connectivity index (χ0) is 12.8. The predicted molar refractivity (Wildman–Crippen MR) is 73.4 cm³/mol. The van der Waals surface area contributed by atoms with Crippen LogP contribution in [-0.4, -0.2) is 24.5 Å². The number of benzene rings is 1.